The van der Waals surface area contributed by atoms with Crippen LogP contribution in [0.5, 0.6) is 0 Å². The van der Waals surface area contributed by atoms with Gasteiger partial charge in [-0.05, 0) is 74.2 Å². The van der Waals surface area contributed by atoms with Crippen molar-refractivity contribution < 1.29 is 0 Å². The second kappa shape index (κ2) is 5.82. The molecule has 1 atom stereocenters. The Balaban J connectivity index is 1.71. The summed E-state index contributed by atoms with van der Waals surface area (Å²) in [7, 11) is 0. The molecule has 0 aromatic heterocycles. The van der Waals surface area contributed by atoms with Crippen LogP contribution < -0.4 is 0 Å². The van der Waals surface area contributed by atoms with Crippen molar-refractivity contribution >= 4 is 33.4 Å². The third-order valence-corrected chi connectivity index (χ3v) is 6.89. The standard InChI is InChI=1S/C25H21I/c1-25(2)23-14-17(20-9-5-7-16-6-3-4-8-19(16)20)10-12-21(23)22-13-11-18(26)15-24(22)25/h3-12,14-15,22H,13H2,1-2H3. The molecule has 0 saturated carbocycles. The highest BCUT2D eigenvalue weighted by molar-refractivity contribution is 14.1. The van der Waals surface area contributed by atoms with E-state index in [9.17, 15) is 0 Å². The molecule has 0 heterocycles. The molecule has 0 nitrogen and oxygen atoms in total. The van der Waals surface area contributed by atoms with Gasteiger partial charge in [0.15, 0.2) is 0 Å². The number of rotatable bonds is 1. The maximum atomic E-state index is 2.46. The van der Waals surface area contributed by atoms with Gasteiger partial charge in [-0.3, -0.25) is 0 Å². The molecule has 0 aliphatic heterocycles. The molecule has 26 heavy (non-hydrogen) atoms. The van der Waals surface area contributed by atoms with Crippen LogP contribution in [0.2, 0.25) is 0 Å². The summed E-state index contributed by atoms with van der Waals surface area (Å²) in [6.45, 7) is 4.78. The van der Waals surface area contributed by atoms with Crippen molar-refractivity contribution in [1.29, 1.82) is 0 Å². The monoisotopic (exact) mass is 448 g/mol. The van der Waals surface area contributed by atoms with Gasteiger partial charge in [0, 0.05) is 14.9 Å². The van der Waals surface area contributed by atoms with E-state index in [0.29, 0.717) is 5.92 Å². The molecule has 0 radical (unpaired) electrons. The number of benzene rings is 3. The second-order valence-electron chi connectivity index (χ2n) is 7.93. The highest BCUT2D eigenvalue weighted by Gasteiger charge is 2.42. The normalized spacial score (nSPS) is 20.3. The van der Waals surface area contributed by atoms with Gasteiger partial charge in [-0.25, -0.2) is 0 Å². The highest BCUT2D eigenvalue weighted by Crippen LogP contribution is 2.54. The molecule has 1 heteroatoms. The predicted octanol–water partition coefficient (Wildman–Crippen LogP) is 7.53. The molecular formula is C25H21I. The molecule has 0 bridgehead atoms. The van der Waals surface area contributed by atoms with Crippen molar-refractivity contribution in [2.24, 2.45) is 0 Å². The van der Waals surface area contributed by atoms with Crippen LogP contribution in [0.4, 0.5) is 0 Å². The summed E-state index contributed by atoms with van der Waals surface area (Å²) in [6, 6.07) is 22.5. The third kappa shape index (κ3) is 2.33. The summed E-state index contributed by atoms with van der Waals surface area (Å²) < 4.78 is 1.38. The average molecular weight is 448 g/mol. The van der Waals surface area contributed by atoms with E-state index in [1.165, 1.54) is 36.6 Å². The van der Waals surface area contributed by atoms with E-state index in [4.69, 9.17) is 0 Å². The van der Waals surface area contributed by atoms with E-state index in [-0.39, 0.29) is 5.41 Å². The summed E-state index contributed by atoms with van der Waals surface area (Å²) in [4.78, 5) is 0. The first-order chi connectivity index (χ1) is 12.6. The summed E-state index contributed by atoms with van der Waals surface area (Å²) in [6.07, 6.45) is 5.92. The first-order valence-corrected chi connectivity index (χ1v) is 10.3. The van der Waals surface area contributed by atoms with E-state index in [1.807, 2.05) is 0 Å². The fourth-order valence-electron chi connectivity index (χ4n) is 4.78. The lowest BCUT2D eigenvalue weighted by Gasteiger charge is -2.26. The quantitative estimate of drug-likeness (QED) is 0.338. The zero-order valence-corrected chi connectivity index (χ0v) is 17.2. The zero-order chi connectivity index (χ0) is 17.9. The predicted molar refractivity (Wildman–Crippen MR) is 120 cm³/mol. The molecule has 3 aromatic carbocycles. The third-order valence-electron chi connectivity index (χ3n) is 6.14. The molecule has 3 aromatic rings. The minimum atomic E-state index is 0.102. The Bertz CT molecular complexity index is 1090. The molecule has 5 rings (SSSR count). The molecule has 0 spiro atoms. The fraction of sp³-hybridized carbons (Fsp3) is 0.200. The summed E-state index contributed by atoms with van der Waals surface area (Å²) in [5.74, 6) is 0.556. The van der Waals surface area contributed by atoms with Crippen molar-refractivity contribution in [3.8, 4) is 11.1 Å². The SMILES string of the molecule is CC1(C)C2=CC(I)=CCC2c2ccc(-c3cccc4ccccc34)cc21. The van der Waals surface area contributed by atoms with Gasteiger partial charge in [-0.1, -0.05) is 80.1 Å². The molecule has 1 unspecified atom stereocenters. The van der Waals surface area contributed by atoms with Crippen molar-refractivity contribution in [2.45, 2.75) is 31.6 Å². The van der Waals surface area contributed by atoms with E-state index in [0.717, 1.165) is 6.42 Å². The van der Waals surface area contributed by atoms with E-state index < -0.39 is 0 Å². The van der Waals surface area contributed by atoms with Crippen LogP contribution in [0.1, 0.15) is 37.3 Å². The summed E-state index contributed by atoms with van der Waals surface area (Å²) in [5.41, 5.74) is 7.36. The fourth-order valence-corrected chi connectivity index (χ4v) is 5.37. The van der Waals surface area contributed by atoms with E-state index in [2.05, 4.69) is 109 Å². The van der Waals surface area contributed by atoms with E-state index >= 15 is 0 Å². The Morgan fingerprint density at radius 1 is 0.962 bits per heavy atom. The number of halogens is 1. The first-order valence-electron chi connectivity index (χ1n) is 9.26. The van der Waals surface area contributed by atoms with Gasteiger partial charge in [0.2, 0.25) is 0 Å². The van der Waals surface area contributed by atoms with Crippen LogP contribution in [-0.2, 0) is 5.41 Å². The molecule has 2 aliphatic carbocycles. The molecule has 128 valence electrons. The van der Waals surface area contributed by atoms with Crippen LogP contribution in [0.15, 0.2) is 82.0 Å². The summed E-state index contributed by atoms with van der Waals surface area (Å²) in [5, 5.41) is 2.64. The Morgan fingerprint density at radius 3 is 2.65 bits per heavy atom. The van der Waals surface area contributed by atoms with Gasteiger partial charge in [0.05, 0.1) is 0 Å². The highest BCUT2D eigenvalue weighted by atomic mass is 127. The van der Waals surface area contributed by atoms with Crippen molar-refractivity contribution in [2.75, 3.05) is 0 Å². The Kier molecular flexibility index (Phi) is 3.65. The number of hydrogen-bond donors (Lipinski definition) is 0. The molecule has 0 saturated heterocycles. The van der Waals surface area contributed by atoms with Crippen LogP contribution in [0.3, 0.4) is 0 Å². The number of fused-ring (bicyclic) bond motifs is 4. The van der Waals surface area contributed by atoms with Crippen LogP contribution in [0.25, 0.3) is 21.9 Å². The van der Waals surface area contributed by atoms with Gasteiger partial charge in [-0.2, -0.15) is 0 Å². The van der Waals surface area contributed by atoms with Crippen molar-refractivity contribution in [3.05, 3.63) is 93.1 Å². The average Bonchev–Trinajstić information content (AvgIpc) is 2.88. The topological polar surface area (TPSA) is 0 Å². The van der Waals surface area contributed by atoms with Crippen LogP contribution in [-0.4, -0.2) is 0 Å². The van der Waals surface area contributed by atoms with Gasteiger partial charge in [0.25, 0.3) is 0 Å². The van der Waals surface area contributed by atoms with Crippen molar-refractivity contribution in [1.82, 2.24) is 0 Å². The maximum Gasteiger partial charge on any atom is 0.0118 e. The summed E-state index contributed by atoms with van der Waals surface area (Å²) >= 11 is 2.46. The van der Waals surface area contributed by atoms with Crippen LogP contribution in [0, 0.1) is 0 Å². The minimum Gasteiger partial charge on any atom is -0.0702 e. The Labute approximate surface area is 168 Å². The van der Waals surface area contributed by atoms with Crippen LogP contribution >= 0.6 is 22.6 Å². The molecule has 0 fully saturated rings. The number of allylic oxidation sites excluding steroid dienone is 4. The smallest absolute Gasteiger partial charge is 0.0118 e. The lowest BCUT2D eigenvalue weighted by Crippen LogP contribution is -2.17. The van der Waals surface area contributed by atoms with Gasteiger partial charge < -0.3 is 0 Å². The lowest BCUT2D eigenvalue weighted by molar-refractivity contribution is 0.612. The molecule has 2 aliphatic rings. The molecule has 0 amide bonds. The first kappa shape index (κ1) is 16.3. The number of hydrogen-bond acceptors (Lipinski definition) is 0. The van der Waals surface area contributed by atoms with E-state index in [1.54, 1.807) is 5.57 Å². The van der Waals surface area contributed by atoms with Gasteiger partial charge in [-0.15, -0.1) is 0 Å². The second-order valence-corrected chi connectivity index (χ2v) is 9.18. The Morgan fingerprint density at radius 2 is 1.77 bits per heavy atom. The largest absolute Gasteiger partial charge is 0.0702 e. The maximum absolute atomic E-state index is 2.46. The minimum absolute atomic E-state index is 0.102. The van der Waals surface area contributed by atoms with Gasteiger partial charge in [0.1, 0.15) is 0 Å². The Hall–Kier alpha value is -1.87. The molecule has 0 N–H and O–H groups in total. The lowest BCUT2D eigenvalue weighted by atomic mass is 9.78. The molecular weight excluding hydrogens is 427 g/mol. The zero-order valence-electron chi connectivity index (χ0n) is 15.1. The van der Waals surface area contributed by atoms with Crippen molar-refractivity contribution in [3.63, 3.8) is 0 Å². The van der Waals surface area contributed by atoms with Gasteiger partial charge >= 0.3 is 0 Å².